The molecule has 0 bridgehead atoms. The summed E-state index contributed by atoms with van der Waals surface area (Å²) in [6, 6.07) is 1.86. The summed E-state index contributed by atoms with van der Waals surface area (Å²) in [5.41, 5.74) is 6.98. The highest BCUT2D eigenvalue weighted by Gasteiger charge is 2.12. The van der Waals surface area contributed by atoms with E-state index in [2.05, 4.69) is 6.92 Å². The first-order valence-corrected chi connectivity index (χ1v) is 4.69. The van der Waals surface area contributed by atoms with Gasteiger partial charge in [-0.1, -0.05) is 6.92 Å². The van der Waals surface area contributed by atoms with Crippen LogP contribution in [0.2, 0.25) is 0 Å². The molecule has 0 radical (unpaired) electrons. The van der Waals surface area contributed by atoms with Crippen LogP contribution in [0.5, 0.6) is 0 Å². The fraction of sp³-hybridized carbons (Fsp3) is 0.600. The van der Waals surface area contributed by atoms with Crippen molar-refractivity contribution in [2.75, 3.05) is 13.2 Å². The van der Waals surface area contributed by atoms with E-state index in [0.29, 0.717) is 13.2 Å². The predicted molar refractivity (Wildman–Crippen MR) is 51.5 cm³/mol. The molecule has 3 heteroatoms. The van der Waals surface area contributed by atoms with Gasteiger partial charge in [0, 0.05) is 18.6 Å². The van der Waals surface area contributed by atoms with E-state index in [1.807, 2.05) is 13.0 Å². The van der Waals surface area contributed by atoms with Gasteiger partial charge < -0.3 is 14.9 Å². The topological polar surface area (TPSA) is 48.4 Å². The standard InChI is InChI=1S/C10H17NO2/c1-3-10-8(5-6-13-10)9(11)7-12-4-2/h5-6,9H,3-4,7,11H2,1-2H3. The van der Waals surface area contributed by atoms with Crippen LogP contribution in [0.4, 0.5) is 0 Å². The fourth-order valence-electron chi connectivity index (χ4n) is 1.30. The zero-order valence-electron chi connectivity index (χ0n) is 8.25. The molecule has 1 atom stereocenters. The first kappa shape index (κ1) is 10.3. The number of nitrogens with two attached hydrogens (primary N) is 1. The summed E-state index contributed by atoms with van der Waals surface area (Å²) >= 11 is 0. The maximum absolute atomic E-state index is 5.92. The van der Waals surface area contributed by atoms with Crippen molar-refractivity contribution < 1.29 is 9.15 Å². The lowest BCUT2D eigenvalue weighted by Crippen LogP contribution is -2.17. The highest BCUT2D eigenvalue weighted by molar-refractivity contribution is 5.21. The second-order valence-corrected chi connectivity index (χ2v) is 2.92. The molecule has 3 nitrogen and oxygen atoms in total. The molecule has 0 aliphatic rings. The molecule has 0 spiro atoms. The van der Waals surface area contributed by atoms with Crippen molar-refractivity contribution >= 4 is 0 Å². The molecule has 0 saturated carbocycles. The van der Waals surface area contributed by atoms with Crippen LogP contribution in [0.3, 0.4) is 0 Å². The number of hydrogen-bond donors (Lipinski definition) is 1. The predicted octanol–water partition coefficient (Wildman–Crippen LogP) is 1.88. The van der Waals surface area contributed by atoms with Crippen LogP contribution < -0.4 is 5.73 Å². The Morgan fingerprint density at radius 3 is 2.92 bits per heavy atom. The molecule has 1 rings (SSSR count). The van der Waals surface area contributed by atoms with E-state index in [4.69, 9.17) is 14.9 Å². The summed E-state index contributed by atoms with van der Waals surface area (Å²) < 4.78 is 10.5. The van der Waals surface area contributed by atoms with Gasteiger partial charge in [-0.25, -0.2) is 0 Å². The van der Waals surface area contributed by atoms with Crippen molar-refractivity contribution in [1.29, 1.82) is 0 Å². The Bertz CT molecular complexity index is 245. The summed E-state index contributed by atoms with van der Waals surface area (Å²) in [6.07, 6.45) is 2.56. The Labute approximate surface area is 78.9 Å². The normalized spacial score (nSPS) is 13.2. The largest absolute Gasteiger partial charge is 0.469 e. The average molecular weight is 183 g/mol. The average Bonchev–Trinajstić information content (AvgIpc) is 2.61. The molecule has 74 valence electrons. The maximum Gasteiger partial charge on any atom is 0.108 e. The fourth-order valence-corrected chi connectivity index (χ4v) is 1.30. The van der Waals surface area contributed by atoms with Gasteiger partial charge in [0.05, 0.1) is 18.9 Å². The molecule has 13 heavy (non-hydrogen) atoms. The minimum absolute atomic E-state index is 0.0614. The second-order valence-electron chi connectivity index (χ2n) is 2.92. The molecule has 0 fully saturated rings. The minimum atomic E-state index is -0.0614. The molecule has 0 amide bonds. The molecule has 0 aliphatic heterocycles. The van der Waals surface area contributed by atoms with Crippen LogP contribution in [0, 0.1) is 0 Å². The van der Waals surface area contributed by atoms with Crippen molar-refractivity contribution in [3.8, 4) is 0 Å². The molecule has 1 unspecified atom stereocenters. The molecule has 2 N–H and O–H groups in total. The van der Waals surface area contributed by atoms with E-state index >= 15 is 0 Å². The Hall–Kier alpha value is -0.800. The van der Waals surface area contributed by atoms with E-state index in [9.17, 15) is 0 Å². The van der Waals surface area contributed by atoms with Crippen molar-refractivity contribution in [3.05, 3.63) is 23.7 Å². The van der Waals surface area contributed by atoms with Crippen LogP contribution >= 0.6 is 0 Å². The Balaban J connectivity index is 2.59. The third kappa shape index (κ3) is 2.57. The highest BCUT2D eigenvalue weighted by Crippen LogP contribution is 2.18. The van der Waals surface area contributed by atoms with Gasteiger partial charge in [0.15, 0.2) is 0 Å². The molecule has 1 aromatic heterocycles. The summed E-state index contributed by atoms with van der Waals surface area (Å²) in [7, 11) is 0. The Kier molecular flexibility index (Phi) is 3.99. The van der Waals surface area contributed by atoms with Crippen LogP contribution in [0.25, 0.3) is 0 Å². The number of aryl methyl sites for hydroxylation is 1. The molecule has 0 aromatic carbocycles. The van der Waals surface area contributed by atoms with Gasteiger partial charge in [-0.3, -0.25) is 0 Å². The molecular formula is C10H17NO2. The third-order valence-electron chi connectivity index (χ3n) is 2.00. The Morgan fingerprint density at radius 2 is 2.31 bits per heavy atom. The van der Waals surface area contributed by atoms with Crippen molar-refractivity contribution in [2.24, 2.45) is 5.73 Å². The van der Waals surface area contributed by atoms with Gasteiger partial charge in [-0.05, 0) is 13.0 Å². The number of furan rings is 1. The molecule has 1 heterocycles. The summed E-state index contributed by atoms with van der Waals surface area (Å²) in [4.78, 5) is 0. The van der Waals surface area contributed by atoms with Gasteiger partial charge in [-0.15, -0.1) is 0 Å². The van der Waals surface area contributed by atoms with Gasteiger partial charge in [0.2, 0.25) is 0 Å². The lowest BCUT2D eigenvalue weighted by atomic mass is 10.1. The zero-order valence-corrected chi connectivity index (χ0v) is 8.25. The second kappa shape index (κ2) is 5.04. The lowest BCUT2D eigenvalue weighted by molar-refractivity contribution is 0.133. The smallest absolute Gasteiger partial charge is 0.108 e. The Morgan fingerprint density at radius 1 is 1.54 bits per heavy atom. The molecule has 1 aromatic rings. The quantitative estimate of drug-likeness (QED) is 0.758. The highest BCUT2D eigenvalue weighted by atomic mass is 16.5. The van der Waals surface area contributed by atoms with E-state index in [-0.39, 0.29) is 6.04 Å². The molecule has 0 saturated heterocycles. The van der Waals surface area contributed by atoms with Crippen LogP contribution in [0.15, 0.2) is 16.7 Å². The van der Waals surface area contributed by atoms with Gasteiger partial charge in [0.25, 0.3) is 0 Å². The third-order valence-corrected chi connectivity index (χ3v) is 2.00. The zero-order chi connectivity index (χ0) is 9.68. The van der Waals surface area contributed by atoms with Gasteiger partial charge >= 0.3 is 0 Å². The van der Waals surface area contributed by atoms with Gasteiger partial charge in [0.1, 0.15) is 5.76 Å². The minimum Gasteiger partial charge on any atom is -0.469 e. The monoisotopic (exact) mass is 183 g/mol. The van der Waals surface area contributed by atoms with E-state index < -0.39 is 0 Å². The first-order chi connectivity index (χ1) is 6.29. The molecule has 0 aliphatic carbocycles. The first-order valence-electron chi connectivity index (χ1n) is 4.69. The number of hydrogen-bond acceptors (Lipinski definition) is 3. The van der Waals surface area contributed by atoms with E-state index in [1.54, 1.807) is 6.26 Å². The summed E-state index contributed by atoms with van der Waals surface area (Å²) in [5, 5.41) is 0. The summed E-state index contributed by atoms with van der Waals surface area (Å²) in [5.74, 6) is 0.965. The maximum atomic E-state index is 5.92. The van der Waals surface area contributed by atoms with Crippen LogP contribution in [-0.2, 0) is 11.2 Å². The van der Waals surface area contributed by atoms with Gasteiger partial charge in [-0.2, -0.15) is 0 Å². The number of ether oxygens (including phenoxy) is 1. The van der Waals surface area contributed by atoms with E-state index in [0.717, 1.165) is 17.7 Å². The lowest BCUT2D eigenvalue weighted by Gasteiger charge is -2.10. The van der Waals surface area contributed by atoms with Crippen molar-refractivity contribution in [3.63, 3.8) is 0 Å². The van der Waals surface area contributed by atoms with Crippen molar-refractivity contribution in [2.45, 2.75) is 26.3 Å². The van der Waals surface area contributed by atoms with Crippen LogP contribution in [-0.4, -0.2) is 13.2 Å². The SMILES string of the molecule is CCOCC(N)c1ccoc1CC. The number of rotatable bonds is 5. The van der Waals surface area contributed by atoms with Crippen molar-refractivity contribution in [1.82, 2.24) is 0 Å². The van der Waals surface area contributed by atoms with Crippen LogP contribution in [0.1, 0.15) is 31.2 Å². The molecular weight excluding hydrogens is 166 g/mol. The van der Waals surface area contributed by atoms with E-state index in [1.165, 1.54) is 0 Å². The summed E-state index contributed by atoms with van der Waals surface area (Å²) in [6.45, 7) is 5.27.